The van der Waals surface area contributed by atoms with E-state index in [2.05, 4.69) is 10.6 Å². The largest absolute Gasteiger partial charge is 0.465 e. The molecule has 0 radical (unpaired) electrons. The summed E-state index contributed by atoms with van der Waals surface area (Å²) in [6.07, 6.45) is 4.89. The first kappa shape index (κ1) is 12.2. The van der Waals surface area contributed by atoms with Crippen LogP contribution in [0.4, 0.5) is 4.79 Å². The van der Waals surface area contributed by atoms with E-state index in [9.17, 15) is 9.59 Å². The van der Waals surface area contributed by atoms with Gasteiger partial charge in [0.1, 0.15) is 6.54 Å². The monoisotopic (exact) mass is 240 g/mol. The highest BCUT2D eigenvalue weighted by atomic mass is 16.5. The van der Waals surface area contributed by atoms with Crippen LogP contribution in [0.2, 0.25) is 0 Å². The molecule has 0 aromatic heterocycles. The normalized spacial score (nSPS) is 18.9. The molecular formula is C12H20N2O3. The van der Waals surface area contributed by atoms with Crippen molar-refractivity contribution in [3.8, 4) is 0 Å². The zero-order chi connectivity index (χ0) is 12.3. The van der Waals surface area contributed by atoms with Gasteiger partial charge in [-0.25, -0.2) is 4.79 Å². The minimum atomic E-state index is -0.392. The summed E-state index contributed by atoms with van der Waals surface area (Å²) in [6, 6.07) is 0.0686. The van der Waals surface area contributed by atoms with Crippen molar-refractivity contribution >= 4 is 12.0 Å². The van der Waals surface area contributed by atoms with Gasteiger partial charge in [-0.2, -0.15) is 0 Å². The van der Waals surface area contributed by atoms with E-state index in [-0.39, 0.29) is 12.6 Å². The number of carbonyl (C=O) groups is 2. The van der Waals surface area contributed by atoms with Gasteiger partial charge < -0.3 is 15.4 Å². The predicted molar refractivity (Wildman–Crippen MR) is 62.4 cm³/mol. The van der Waals surface area contributed by atoms with E-state index >= 15 is 0 Å². The third-order valence-electron chi connectivity index (χ3n) is 3.26. The summed E-state index contributed by atoms with van der Waals surface area (Å²) in [7, 11) is 0. The number of ether oxygens (including phenoxy) is 1. The maximum atomic E-state index is 11.6. The fourth-order valence-corrected chi connectivity index (χ4v) is 2.10. The Kier molecular flexibility index (Phi) is 3.86. The van der Waals surface area contributed by atoms with Gasteiger partial charge >= 0.3 is 12.0 Å². The van der Waals surface area contributed by atoms with E-state index in [1.807, 2.05) is 0 Å². The number of esters is 1. The second kappa shape index (κ2) is 5.38. The van der Waals surface area contributed by atoms with Gasteiger partial charge in [-0.1, -0.05) is 0 Å². The smallest absolute Gasteiger partial charge is 0.325 e. The molecule has 5 heteroatoms. The van der Waals surface area contributed by atoms with Gasteiger partial charge in [0.05, 0.1) is 6.61 Å². The van der Waals surface area contributed by atoms with E-state index in [1.54, 1.807) is 6.92 Å². The third kappa shape index (κ3) is 3.91. The number of carbonyl (C=O) groups excluding carboxylic acids is 2. The van der Waals surface area contributed by atoms with Crippen molar-refractivity contribution in [3.63, 3.8) is 0 Å². The van der Waals surface area contributed by atoms with Crippen molar-refractivity contribution in [2.75, 3.05) is 13.2 Å². The molecule has 2 amide bonds. The molecule has 0 spiro atoms. The lowest BCUT2D eigenvalue weighted by Gasteiger charge is -2.17. The van der Waals surface area contributed by atoms with Crippen molar-refractivity contribution in [3.05, 3.63) is 0 Å². The maximum absolute atomic E-state index is 11.6. The minimum Gasteiger partial charge on any atom is -0.465 e. The van der Waals surface area contributed by atoms with Gasteiger partial charge in [0.2, 0.25) is 0 Å². The van der Waals surface area contributed by atoms with Crippen molar-refractivity contribution in [2.24, 2.45) is 11.8 Å². The Morgan fingerprint density at radius 1 is 1.24 bits per heavy atom. The molecule has 2 aliphatic rings. The summed E-state index contributed by atoms with van der Waals surface area (Å²) in [5.74, 6) is 0.934. The number of nitrogens with one attached hydrogen (secondary N) is 2. The van der Waals surface area contributed by atoms with E-state index in [1.165, 1.54) is 25.7 Å². The molecule has 0 unspecified atom stereocenters. The van der Waals surface area contributed by atoms with Crippen LogP contribution >= 0.6 is 0 Å². The summed E-state index contributed by atoms with van der Waals surface area (Å²) >= 11 is 0. The molecule has 0 heterocycles. The van der Waals surface area contributed by atoms with Crippen LogP contribution in [0.5, 0.6) is 0 Å². The maximum Gasteiger partial charge on any atom is 0.325 e. The minimum absolute atomic E-state index is 0.0538. The standard InChI is InChI=1S/C12H20N2O3/c1-2-17-10(15)7-13-12(16)14-11(8-3-4-8)9-5-6-9/h8-9,11H,2-7H2,1H3,(H2,13,14,16). The topological polar surface area (TPSA) is 67.4 Å². The van der Waals surface area contributed by atoms with Gasteiger partial charge in [0.25, 0.3) is 0 Å². The molecule has 2 saturated carbocycles. The molecule has 0 aromatic rings. The molecule has 0 saturated heterocycles. The first-order valence-corrected chi connectivity index (χ1v) is 6.40. The highest BCUT2D eigenvalue weighted by Gasteiger charge is 2.42. The lowest BCUT2D eigenvalue weighted by molar-refractivity contribution is -0.141. The molecule has 0 bridgehead atoms. The number of hydrogen-bond donors (Lipinski definition) is 2. The van der Waals surface area contributed by atoms with Gasteiger partial charge in [-0.3, -0.25) is 4.79 Å². The second-order valence-electron chi connectivity index (χ2n) is 4.83. The Morgan fingerprint density at radius 2 is 1.82 bits per heavy atom. The summed E-state index contributed by atoms with van der Waals surface area (Å²) in [6.45, 7) is 2.03. The number of urea groups is 1. The highest BCUT2D eigenvalue weighted by molar-refractivity contribution is 5.80. The van der Waals surface area contributed by atoms with Crippen LogP contribution < -0.4 is 10.6 Å². The Morgan fingerprint density at radius 3 is 2.29 bits per heavy atom. The van der Waals surface area contributed by atoms with Gasteiger partial charge in [0.15, 0.2) is 0 Å². The molecule has 5 nitrogen and oxygen atoms in total. The molecule has 2 aliphatic carbocycles. The highest BCUT2D eigenvalue weighted by Crippen LogP contribution is 2.44. The fourth-order valence-electron chi connectivity index (χ4n) is 2.10. The van der Waals surface area contributed by atoms with E-state index in [0.29, 0.717) is 24.5 Å². The number of hydrogen-bond acceptors (Lipinski definition) is 3. The van der Waals surface area contributed by atoms with Crippen LogP contribution in [0.3, 0.4) is 0 Å². The SMILES string of the molecule is CCOC(=O)CNC(=O)NC(C1CC1)C1CC1. The number of rotatable bonds is 6. The average molecular weight is 240 g/mol. The fraction of sp³-hybridized carbons (Fsp3) is 0.833. The molecule has 0 aliphatic heterocycles. The Bertz CT molecular complexity index is 286. The van der Waals surface area contributed by atoms with Crippen molar-refractivity contribution < 1.29 is 14.3 Å². The lowest BCUT2D eigenvalue weighted by atomic mass is 10.1. The molecule has 17 heavy (non-hydrogen) atoms. The molecule has 2 N–H and O–H groups in total. The zero-order valence-electron chi connectivity index (χ0n) is 10.2. The van der Waals surface area contributed by atoms with Crippen LogP contribution in [0.25, 0.3) is 0 Å². The summed E-state index contributed by atoms with van der Waals surface area (Å²) in [4.78, 5) is 22.7. The van der Waals surface area contributed by atoms with Crippen LogP contribution in [0, 0.1) is 11.8 Å². The van der Waals surface area contributed by atoms with Gasteiger partial charge in [-0.15, -0.1) is 0 Å². The van der Waals surface area contributed by atoms with E-state index in [0.717, 1.165) is 0 Å². The molecule has 96 valence electrons. The Balaban J connectivity index is 1.66. The molecule has 0 aromatic carbocycles. The lowest BCUT2D eigenvalue weighted by Crippen LogP contribution is -2.45. The van der Waals surface area contributed by atoms with Crippen molar-refractivity contribution in [2.45, 2.75) is 38.6 Å². The predicted octanol–water partition coefficient (Wildman–Crippen LogP) is 1.04. The van der Waals surface area contributed by atoms with Crippen molar-refractivity contribution in [1.29, 1.82) is 0 Å². The van der Waals surface area contributed by atoms with Crippen LogP contribution in [-0.4, -0.2) is 31.2 Å². The van der Waals surface area contributed by atoms with Crippen LogP contribution in [0.1, 0.15) is 32.6 Å². The summed E-state index contributed by atoms with van der Waals surface area (Å²) in [5, 5.41) is 5.52. The Labute approximate surface area is 101 Å². The summed E-state index contributed by atoms with van der Waals surface area (Å²) in [5.41, 5.74) is 0. The molecule has 2 fully saturated rings. The van der Waals surface area contributed by atoms with Crippen molar-refractivity contribution in [1.82, 2.24) is 10.6 Å². The quantitative estimate of drug-likeness (QED) is 0.682. The van der Waals surface area contributed by atoms with Gasteiger partial charge in [-0.05, 0) is 44.4 Å². The molecule has 2 rings (SSSR count). The molecule has 0 atom stereocenters. The first-order chi connectivity index (χ1) is 8.20. The zero-order valence-corrected chi connectivity index (χ0v) is 10.2. The van der Waals surface area contributed by atoms with Crippen LogP contribution in [-0.2, 0) is 9.53 Å². The average Bonchev–Trinajstić information content (AvgIpc) is 3.17. The van der Waals surface area contributed by atoms with E-state index in [4.69, 9.17) is 4.74 Å². The van der Waals surface area contributed by atoms with E-state index < -0.39 is 5.97 Å². The summed E-state index contributed by atoms with van der Waals surface area (Å²) < 4.78 is 4.74. The molecular weight excluding hydrogens is 220 g/mol. The van der Waals surface area contributed by atoms with Gasteiger partial charge in [0, 0.05) is 6.04 Å². The Hall–Kier alpha value is -1.26. The second-order valence-corrected chi connectivity index (χ2v) is 4.83. The number of amides is 2. The third-order valence-corrected chi connectivity index (χ3v) is 3.26. The first-order valence-electron chi connectivity index (χ1n) is 6.40. The van der Waals surface area contributed by atoms with Crippen LogP contribution in [0.15, 0.2) is 0 Å².